The second kappa shape index (κ2) is 6.87. The second-order valence-corrected chi connectivity index (χ2v) is 6.20. The molecule has 0 bridgehead atoms. The number of nitrogens with zero attached hydrogens (tertiary/aromatic N) is 6. The summed E-state index contributed by atoms with van der Waals surface area (Å²) in [5.41, 5.74) is 1.78. The lowest BCUT2D eigenvalue weighted by molar-refractivity contribution is 0.442. The summed E-state index contributed by atoms with van der Waals surface area (Å²) in [4.78, 5) is 17.7. The molecule has 0 unspecified atom stereocenters. The topological polar surface area (TPSA) is 81.4 Å². The molecular weight excluding hydrogens is 326 g/mol. The lowest BCUT2D eigenvalue weighted by Crippen LogP contribution is -2.27. The Balaban J connectivity index is 1.73. The summed E-state index contributed by atoms with van der Waals surface area (Å²) >= 11 is 0. The average Bonchev–Trinajstić information content (AvgIpc) is 3.22. The van der Waals surface area contributed by atoms with Crippen LogP contribution in [0.4, 0.5) is 5.82 Å². The number of hydrogen-bond acceptors (Lipinski definition) is 6. The smallest absolute Gasteiger partial charge is 0.163 e. The highest BCUT2D eigenvalue weighted by Gasteiger charge is 2.17. The molecule has 0 radical (unpaired) electrons. The van der Waals surface area contributed by atoms with Gasteiger partial charge in [0.25, 0.3) is 0 Å². The quantitative estimate of drug-likeness (QED) is 0.597. The van der Waals surface area contributed by atoms with E-state index in [2.05, 4.69) is 39.2 Å². The lowest BCUT2D eigenvalue weighted by atomic mass is 10.1. The van der Waals surface area contributed by atoms with Gasteiger partial charge in [-0.1, -0.05) is 12.1 Å². The molecule has 7 nitrogen and oxygen atoms in total. The summed E-state index contributed by atoms with van der Waals surface area (Å²) in [6.07, 6.45) is 6.78. The highest BCUT2D eigenvalue weighted by atomic mass is 15.3. The first-order chi connectivity index (χ1) is 12.7. The standard InChI is InChI=1S/C19H19N7/c1-13(14(2)26-12-21-11-22-26)23-19-16-7-3-4-8-17(16)24-18(25-19)15-6-5-9-20-10-15/h3-14H,1-2H3,(H,23,24,25)/t13-,14+/m1/s1. The number of para-hydroxylation sites is 1. The van der Waals surface area contributed by atoms with Crippen LogP contribution in [0.5, 0.6) is 0 Å². The van der Waals surface area contributed by atoms with E-state index >= 15 is 0 Å². The molecule has 0 aliphatic carbocycles. The number of benzene rings is 1. The van der Waals surface area contributed by atoms with Crippen LogP contribution >= 0.6 is 0 Å². The van der Waals surface area contributed by atoms with Crippen LogP contribution in [0.2, 0.25) is 0 Å². The summed E-state index contributed by atoms with van der Waals surface area (Å²) in [6.45, 7) is 4.20. The van der Waals surface area contributed by atoms with Gasteiger partial charge in [0.1, 0.15) is 18.5 Å². The minimum absolute atomic E-state index is 0.0942. The molecule has 4 rings (SSSR count). The van der Waals surface area contributed by atoms with Crippen LogP contribution in [0.15, 0.2) is 61.4 Å². The third kappa shape index (κ3) is 3.11. The number of rotatable bonds is 5. The molecule has 26 heavy (non-hydrogen) atoms. The maximum absolute atomic E-state index is 4.77. The van der Waals surface area contributed by atoms with Gasteiger partial charge < -0.3 is 5.32 Å². The highest BCUT2D eigenvalue weighted by Crippen LogP contribution is 2.26. The maximum Gasteiger partial charge on any atom is 0.163 e. The molecule has 2 atom stereocenters. The summed E-state index contributed by atoms with van der Waals surface area (Å²) in [6, 6.07) is 12.0. The van der Waals surface area contributed by atoms with Crippen molar-refractivity contribution in [3.8, 4) is 11.4 Å². The van der Waals surface area contributed by atoms with Gasteiger partial charge in [-0.15, -0.1) is 0 Å². The Hall–Kier alpha value is -3.35. The van der Waals surface area contributed by atoms with Gasteiger partial charge >= 0.3 is 0 Å². The van der Waals surface area contributed by atoms with Crippen molar-refractivity contribution >= 4 is 16.7 Å². The van der Waals surface area contributed by atoms with Crippen LogP contribution in [0.25, 0.3) is 22.3 Å². The Kier molecular flexibility index (Phi) is 4.27. The van der Waals surface area contributed by atoms with E-state index in [0.717, 1.165) is 22.3 Å². The summed E-state index contributed by atoms with van der Waals surface area (Å²) in [5.74, 6) is 1.45. The first kappa shape index (κ1) is 16.1. The molecule has 0 amide bonds. The van der Waals surface area contributed by atoms with Gasteiger partial charge in [0.15, 0.2) is 5.82 Å². The minimum atomic E-state index is 0.0942. The van der Waals surface area contributed by atoms with Gasteiger partial charge in [-0.3, -0.25) is 4.98 Å². The zero-order valence-corrected chi connectivity index (χ0v) is 14.6. The van der Waals surface area contributed by atoms with Crippen molar-refractivity contribution in [3.05, 3.63) is 61.4 Å². The molecule has 0 aliphatic heterocycles. The van der Waals surface area contributed by atoms with Crippen molar-refractivity contribution in [2.24, 2.45) is 0 Å². The zero-order chi connectivity index (χ0) is 17.9. The number of pyridine rings is 1. The third-order valence-corrected chi connectivity index (χ3v) is 4.46. The molecule has 4 aromatic rings. The van der Waals surface area contributed by atoms with Gasteiger partial charge in [-0.2, -0.15) is 5.10 Å². The molecule has 7 heteroatoms. The Morgan fingerprint density at radius 3 is 2.65 bits per heavy atom. The van der Waals surface area contributed by atoms with Crippen molar-refractivity contribution < 1.29 is 0 Å². The van der Waals surface area contributed by atoms with Crippen molar-refractivity contribution in [1.82, 2.24) is 29.7 Å². The monoisotopic (exact) mass is 345 g/mol. The zero-order valence-electron chi connectivity index (χ0n) is 14.6. The number of nitrogens with one attached hydrogen (secondary N) is 1. The van der Waals surface area contributed by atoms with E-state index < -0.39 is 0 Å². The summed E-state index contributed by atoms with van der Waals surface area (Å²) in [7, 11) is 0. The largest absolute Gasteiger partial charge is 0.365 e. The van der Waals surface area contributed by atoms with Gasteiger partial charge in [-0.25, -0.2) is 19.6 Å². The molecule has 0 saturated carbocycles. The molecule has 130 valence electrons. The van der Waals surface area contributed by atoms with Crippen LogP contribution in [0, 0.1) is 0 Å². The van der Waals surface area contributed by atoms with Gasteiger partial charge in [-0.05, 0) is 38.1 Å². The lowest BCUT2D eigenvalue weighted by Gasteiger charge is -2.22. The minimum Gasteiger partial charge on any atom is -0.365 e. The number of fused-ring (bicyclic) bond motifs is 1. The van der Waals surface area contributed by atoms with Crippen LogP contribution < -0.4 is 5.32 Å². The van der Waals surface area contributed by atoms with Crippen molar-refractivity contribution in [2.45, 2.75) is 25.9 Å². The summed E-state index contributed by atoms with van der Waals surface area (Å²) < 4.78 is 1.84. The normalized spacial score (nSPS) is 13.5. The molecule has 0 saturated heterocycles. The van der Waals surface area contributed by atoms with Crippen LogP contribution in [0.1, 0.15) is 19.9 Å². The summed E-state index contributed by atoms with van der Waals surface area (Å²) in [5, 5.41) is 8.74. The molecule has 3 heterocycles. The molecule has 0 fully saturated rings. The van der Waals surface area contributed by atoms with E-state index in [-0.39, 0.29) is 12.1 Å². The molecular formula is C19H19N7. The number of aromatic nitrogens is 6. The van der Waals surface area contributed by atoms with Gasteiger partial charge in [0, 0.05) is 29.4 Å². The Labute approximate surface area is 151 Å². The van der Waals surface area contributed by atoms with Gasteiger partial charge in [0.2, 0.25) is 0 Å². The molecule has 1 aromatic carbocycles. The second-order valence-electron chi connectivity index (χ2n) is 6.20. The van der Waals surface area contributed by atoms with E-state index in [9.17, 15) is 0 Å². The fraction of sp³-hybridized carbons (Fsp3) is 0.211. The molecule has 0 spiro atoms. The van der Waals surface area contributed by atoms with E-state index in [1.54, 1.807) is 25.0 Å². The van der Waals surface area contributed by atoms with E-state index in [4.69, 9.17) is 4.98 Å². The van der Waals surface area contributed by atoms with E-state index in [0.29, 0.717) is 5.82 Å². The first-order valence-corrected chi connectivity index (χ1v) is 8.50. The Bertz CT molecular complexity index is 999. The maximum atomic E-state index is 4.77. The van der Waals surface area contributed by atoms with E-state index in [1.807, 2.05) is 41.1 Å². The van der Waals surface area contributed by atoms with Crippen LogP contribution in [-0.4, -0.2) is 35.8 Å². The predicted molar refractivity (Wildman–Crippen MR) is 101 cm³/mol. The molecule has 0 aliphatic rings. The third-order valence-electron chi connectivity index (χ3n) is 4.46. The first-order valence-electron chi connectivity index (χ1n) is 8.50. The van der Waals surface area contributed by atoms with Gasteiger partial charge in [0.05, 0.1) is 11.6 Å². The fourth-order valence-electron chi connectivity index (χ4n) is 2.80. The van der Waals surface area contributed by atoms with Crippen LogP contribution in [0.3, 0.4) is 0 Å². The van der Waals surface area contributed by atoms with Crippen molar-refractivity contribution in [1.29, 1.82) is 0 Å². The van der Waals surface area contributed by atoms with Crippen molar-refractivity contribution in [2.75, 3.05) is 5.32 Å². The number of anilines is 1. The SMILES string of the molecule is C[C@@H](Nc1nc(-c2cccnc2)nc2ccccc12)[C@H](C)n1cncn1. The van der Waals surface area contributed by atoms with E-state index in [1.165, 1.54) is 0 Å². The fourth-order valence-corrected chi connectivity index (χ4v) is 2.80. The predicted octanol–water partition coefficient (Wildman–Crippen LogP) is 3.34. The highest BCUT2D eigenvalue weighted by molar-refractivity contribution is 5.90. The Morgan fingerprint density at radius 2 is 1.88 bits per heavy atom. The average molecular weight is 345 g/mol. The number of hydrogen-bond donors (Lipinski definition) is 1. The van der Waals surface area contributed by atoms with Crippen molar-refractivity contribution in [3.63, 3.8) is 0 Å². The van der Waals surface area contributed by atoms with Crippen LogP contribution in [-0.2, 0) is 0 Å². The molecule has 3 aromatic heterocycles. The molecule has 1 N–H and O–H groups in total. The Morgan fingerprint density at radius 1 is 1.00 bits per heavy atom.